The molecule has 2 heterocycles. The minimum Gasteiger partial charge on any atom is -0.497 e. The van der Waals surface area contributed by atoms with E-state index in [2.05, 4.69) is 10.1 Å². The molecule has 0 saturated heterocycles. The predicted molar refractivity (Wildman–Crippen MR) is 73.8 cm³/mol. The summed E-state index contributed by atoms with van der Waals surface area (Å²) in [4.78, 5) is 4.44. The minimum atomic E-state index is 0.607. The largest absolute Gasteiger partial charge is 0.497 e. The van der Waals surface area contributed by atoms with E-state index < -0.39 is 0 Å². The van der Waals surface area contributed by atoms with Crippen molar-refractivity contribution in [3.8, 4) is 5.75 Å². The maximum atomic E-state index is 6.07. The Balaban J connectivity index is 1.90. The predicted octanol–water partition coefficient (Wildman–Crippen LogP) is 2.98. The van der Waals surface area contributed by atoms with Crippen molar-refractivity contribution < 1.29 is 4.74 Å². The summed E-state index contributed by atoms with van der Waals surface area (Å²) >= 11 is 6.07. The molecule has 0 saturated carbocycles. The summed E-state index contributed by atoms with van der Waals surface area (Å²) in [6.45, 7) is 0. The number of hydrogen-bond donors (Lipinski definition) is 0. The molecule has 5 heteroatoms. The van der Waals surface area contributed by atoms with Crippen molar-refractivity contribution in [2.24, 2.45) is 0 Å². The van der Waals surface area contributed by atoms with E-state index in [1.54, 1.807) is 11.6 Å². The number of hydrogen-bond acceptors (Lipinski definition) is 3. The maximum Gasteiger partial charge on any atom is 0.174 e. The van der Waals surface area contributed by atoms with Gasteiger partial charge in [-0.25, -0.2) is 9.50 Å². The Labute approximate surface area is 115 Å². The van der Waals surface area contributed by atoms with E-state index in [0.717, 1.165) is 17.1 Å². The summed E-state index contributed by atoms with van der Waals surface area (Å²) < 4.78 is 6.83. The number of rotatable bonds is 3. The Morgan fingerprint density at radius 1 is 1.21 bits per heavy atom. The molecule has 0 N–H and O–H groups in total. The van der Waals surface area contributed by atoms with Crippen LogP contribution in [0.5, 0.6) is 5.75 Å². The molecule has 0 spiro atoms. The molecule has 0 bridgehead atoms. The van der Waals surface area contributed by atoms with Crippen LogP contribution in [-0.2, 0) is 6.42 Å². The number of ether oxygens (including phenoxy) is 1. The molecule has 0 aliphatic heterocycles. The van der Waals surface area contributed by atoms with Crippen LogP contribution in [0.2, 0.25) is 5.02 Å². The number of aromatic nitrogens is 3. The van der Waals surface area contributed by atoms with Crippen LogP contribution < -0.4 is 4.74 Å². The van der Waals surface area contributed by atoms with Gasteiger partial charge in [0.05, 0.1) is 12.1 Å². The fourth-order valence-corrected chi connectivity index (χ4v) is 2.12. The topological polar surface area (TPSA) is 39.4 Å². The van der Waals surface area contributed by atoms with Crippen molar-refractivity contribution in [2.75, 3.05) is 7.11 Å². The SMILES string of the molecule is COc1ccc(Cc2nc3c(Cl)cccn3n2)cc1. The first-order chi connectivity index (χ1) is 9.26. The zero-order valence-corrected chi connectivity index (χ0v) is 11.1. The molecule has 0 aliphatic carbocycles. The van der Waals surface area contributed by atoms with E-state index in [9.17, 15) is 0 Å². The lowest BCUT2D eigenvalue weighted by Gasteiger charge is -2.00. The highest BCUT2D eigenvalue weighted by atomic mass is 35.5. The summed E-state index contributed by atoms with van der Waals surface area (Å²) in [7, 11) is 1.65. The molecule has 4 nitrogen and oxygen atoms in total. The number of fused-ring (bicyclic) bond motifs is 1. The third-order valence-electron chi connectivity index (χ3n) is 2.88. The van der Waals surface area contributed by atoms with Crippen LogP contribution in [0.4, 0.5) is 0 Å². The Morgan fingerprint density at radius 2 is 2.00 bits per heavy atom. The number of methoxy groups -OCH3 is 1. The second-order valence-corrected chi connectivity index (χ2v) is 4.58. The summed E-state index contributed by atoms with van der Waals surface area (Å²) in [5.74, 6) is 1.59. The molecular formula is C14H12ClN3O. The van der Waals surface area contributed by atoms with Crippen LogP contribution >= 0.6 is 11.6 Å². The lowest BCUT2D eigenvalue weighted by Crippen LogP contribution is -1.92. The second-order valence-electron chi connectivity index (χ2n) is 4.18. The van der Waals surface area contributed by atoms with Crippen molar-refractivity contribution in [1.82, 2.24) is 14.6 Å². The van der Waals surface area contributed by atoms with Crippen LogP contribution in [0, 0.1) is 0 Å². The van der Waals surface area contributed by atoms with Gasteiger partial charge < -0.3 is 4.74 Å². The van der Waals surface area contributed by atoms with Crippen molar-refractivity contribution in [1.29, 1.82) is 0 Å². The molecule has 0 fully saturated rings. The molecule has 3 rings (SSSR count). The summed E-state index contributed by atoms with van der Waals surface area (Å²) in [5.41, 5.74) is 1.82. The van der Waals surface area contributed by atoms with Crippen molar-refractivity contribution >= 4 is 17.2 Å². The van der Waals surface area contributed by atoms with Crippen molar-refractivity contribution in [2.45, 2.75) is 6.42 Å². The standard InChI is InChI=1S/C14H12ClN3O/c1-19-11-6-4-10(5-7-11)9-13-16-14-12(15)3-2-8-18(14)17-13/h2-8H,9H2,1H3. The molecule has 96 valence electrons. The van der Waals surface area contributed by atoms with E-state index in [-0.39, 0.29) is 0 Å². The summed E-state index contributed by atoms with van der Waals surface area (Å²) in [6.07, 6.45) is 2.51. The van der Waals surface area contributed by atoms with E-state index in [1.165, 1.54) is 0 Å². The third kappa shape index (κ3) is 2.39. The van der Waals surface area contributed by atoms with Gasteiger partial charge in [0, 0.05) is 12.6 Å². The summed E-state index contributed by atoms with van der Waals surface area (Å²) in [6, 6.07) is 11.5. The van der Waals surface area contributed by atoms with Gasteiger partial charge in [0.1, 0.15) is 5.75 Å². The average molecular weight is 274 g/mol. The van der Waals surface area contributed by atoms with Crippen molar-refractivity contribution in [3.05, 3.63) is 59.0 Å². The van der Waals surface area contributed by atoms with Gasteiger partial charge >= 0.3 is 0 Å². The zero-order chi connectivity index (χ0) is 13.2. The molecule has 2 aromatic heterocycles. The number of nitrogens with zero attached hydrogens (tertiary/aromatic N) is 3. The van der Waals surface area contributed by atoms with Crippen LogP contribution in [-0.4, -0.2) is 21.7 Å². The quantitative estimate of drug-likeness (QED) is 0.736. The number of halogens is 1. The highest BCUT2D eigenvalue weighted by Gasteiger charge is 2.07. The smallest absolute Gasteiger partial charge is 0.174 e. The van der Waals surface area contributed by atoms with Gasteiger partial charge in [-0.1, -0.05) is 23.7 Å². The molecule has 0 unspecified atom stereocenters. The zero-order valence-electron chi connectivity index (χ0n) is 10.4. The molecule has 0 atom stereocenters. The monoisotopic (exact) mass is 273 g/mol. The molecule has 0 amide bonds. The first-order valence-corrected chi connectivity index (χ1v) is 6.27. The third-order valence-corrected chi connectivity index (χ3v) is 3.17. The van der Waals surface area contributed by atoms with Gasteiger partial charge in [0.2, 0.25) is 0 Å². The maximum absolute atomic E-state index is 6.07. The minimum absolute atomic E-state index is 0.607. The molecule has 1 aromatic carbocycles. The van der Waals surface area contributed by atoms with E-state index in [1.807, 2.05) is 42.6 Å². The highest BCUT2D eigenvalue weighted by Crippen LogP contribution is 2.17. The van der Waals surface area contributed by atoms with Gasteiger partial charge in [0.15, 0.2) is 11.5 Å². The number of benzene rings is 1. The van der Waals surface area contributed by atoms with Gasteiger partial charge in [0.25, 0.3) is 0 Å². The fraction of sp³-hybridized carbons (Fsp3) is 0.143. The Bertz CT molecular complexity index is 706. The van der Waals surface area contributed by atoms with Crippen LogP contribution in [0.1, 0.15) is 11.4 Å². The fourth-order valence-electron chi connectivity index (χ4n) is 1.92. The van der Waals surface area contributed by atoms with Crippen LogP contribution in [0.3, 0.4) is 0 Å². The lowest BCUT2D eigenvalue weighted by atomic mass is 10.1. The Hall–Kier alpha value is -2.07. The molecular weight excluding hydrogens is 262 g/mol. The molecule has 0 radical (unpaired) electrons. The molecule has 19 heavy (non-hydrogen) atoms. The van der Waals surface area contributed by atoms with E-state index >= 15 is 0 Å². The van der Waals surface area contributed by atoms with Gasteiger partial charge in [-0.05, 0) is 29.8 Å². The van der Waals surface area contributed by atoms with Gasteiger partial charge in [-0.3, -0.25) is 0 Å². The summed E-state index contributed by atoms with van der Waals surface area (Å²) in [5, 5.41) is 5.01. The molecule has 0 aliphatic rings. The highest BCUT2D eigenvalue weighted by molar-refractivity contribution is 6.33. The first kappa shape index (κ1) is 12.0. The first-order valence-electron chi connectivity index (χ1n) is 5.89. The van der Waals surface area contributed by atoms with Crippen LogP contribution in [0.15, 0.2) is 42.6 Å². The van der Waals surface area contributed by atoms with Crippen LogP contribution in [0.25, 0.3) is 5.65 Å². The number of pyridine rings is 1. The Morgan fingerprint density at radius 3 is 2.68 bits per heavy atom. The van der Waals surface area contributed by atoms with E-state index in [4.69, 9.17) is 16.3 Å². The van der Waals surface area contributed by atoms with E-state index in [0.29, 0.717) is 17.1 Å². The lowest BCUT2D eigenvalue weighted by molar-refractivity contribution is 0.414. The van der Waals surface area contributed by atoms with Gasteiger partial charge in [-0.15, -0.1) is 0 Å². The normalized spacial score (nSPS) is 10.8. The van der Waals surface area contributed by atoms with Crippen molar-refractivity contribution in [3.63, 3.8) is 0 Å². The average Bonchev–Trinajstić information content (AvgIpc) is 2.84. The Kier molecular flexibility index (Phi) is 3.09. The second kappa shape index (κ2) is 4.90. The molecule has 3 aromatic rings. The van der Waals surface area contributed by atoms with Gasteiger partial charge in [-0.2, -0.15) is 5.10 Å².